The molecule has 1 atom stereocenters. The lowest BCUT2D eigenvalue weighted by atomic mass is 9.95. The molecule has 5 heteroatoms. The van der Waals surface area contributed by atoms with Crippen molar-refractivity contribution in [3.8, 4) is 0 Å². The van der Waals surface area contributed by atoms with Crippen molar-refractivity contribution >= 4 is 16.8 Å². The molecule has 1 aromatic carbocycles. The Kier molecular flexibility index (Phi) is 4.83. The molecule has 1 unspecified atom stereocenters. The molecule has 24 heavy (non-hydrogen) atoms. The van der Waals surface area contributed by atoms with Crippen LogP contribution >= 0.6 is 0 Å². The summed E-state index contributed by atoms with van der Waals surface area (Å²) in [5.41, 5.74) is 2.63. The summed E-state index contributed by atoms with van der Waals surface area (Å²) in [5.74, 6) is 0.0388. The maximum atomic E-state index is 12.6. The number of hydrogen-bond acceptors (Lipinski definition) is 4. The summed E-state index contributed by atoms with van der Waals surface area (Å²) in [6.07, 6.45) is 1.82. The smallest absolute Gasteiger partial charge is 0.242 e. The van der Waals surface area contributed by atoms with Crippen molar-refractivity contribution in [2.75, 3.05) is 27.3 Å². The monoisotopic (exact) mass is 327 g/mol. The number of para-hydroxylation sites is 1. The highest BCUT2D eigenvalue weighted by Crippen LogP contribution is 2.33. The van der Waals surface area contributed by atoms with Gasteiger partial charge in [0.2, 0.25) is 5.91 Å². The highest BCUT2D eigenvalue weighted by molar-refractivity contribution is 5.87. The summed E-state index contributed by atoms with van der Waals surface area (Å²) in [4.78, 5) is 19.5. The normalized spacial score (nSPS) is 21.3. The Bertz CT molecular complexity index is 746. The lowest BCUT2D eigenvalue weighted by Gasteiger charge is -2.36. The molecule has 0 saturated carbocycles. The number of fused-ring (bicyclic) bond motifs is 1. The fourth-order valence-electron chi connectivity index (χ4n) is 3.85. The van der Waals surface area contributed by atoms with Crippen molar-refractivity contribution in [2.24, 2.45) is 0 Å². The summed E-state index contributed by atoms with van der Waals surface area (Å²) in [6, 6.07) is 10.3. The number of nitrogens with zero attached hydrogens (tertiary/aromatic N) is 2. The van der Waals surface area contributed by atoms with E-state index in [0.29, 0.717) is 6.61 Å². The number of methoxy groups -OCH3 is 1. The molecule has 1 aromatic heterocycles. The quantitative estimate of drug-likeness (QED) is 0.915. The van der Waals surface area contributed by atoms with E-state index in [1.807, 2.05) is 25.1 Å². The first kappa shape index (κ1) is 16.9. The number of amides is 1. The second-order valence-electron chi connectivity index (χ2n) is 6.51. The van der Waals surface area contributed by atoms with Gasteiger partial charge in [-0.15, -0.1) is 0 Å². The first-order valence-corrected chi connectivity index (χ1v) is 8.42. The minimum Gasteiger partial charge on any atom is -0.382 e. The van der Waals surface area contributed by atoms with Crippen LogP contribution in [0.4, 0.5) is 0 Å². The van der Waals surface area contributed by atoms with Gasteiger partial charge in [-0.25, -0.2) is 0 Å². The van der Waals surface area contributed by atoms with E-state index in [0.717, 1.165) is 42.5 Å². The maximum Gasteiger partial charge on any atom is 0.242 e. The summed E-state index contributed by atoms with van der Waals surface area (Å²) >= 11 is 0. The second-order valence-corrected chi connectivity index (χ2v) is 6.51. The third-order valence-corrected chi connectivity index (χ3v) is 4.95. The molecule has 1 aliphatic rings. The van der Waals surface area contributed by atoms with Crippen LogP contribution in [0.2, 0.25) is 0 Å². The number of aromatic nitrogens is 1. The van der Waals surface area contributed by atoms with Gasteiger partial charge in [0, 0.05) is 31.8 Å². The molecule has 0 radical (unpaired) electrons. The zero-order chi connectivity index (χ0) is 17.2. The van der Waals surface area contributed by atoms with Gasteiger partial charge in [-0.1, -0.05) is 18.2 Å². The van der Waals surface area contributed by atoms with Crippen LogP contribution in [-0.4, -0.2) is 48.6 Å². The number of likely N-dealkylation sites (tertiary alicyclic amines) is 1. The predicted octanol–water partition coefficient (Wildman–Crippen LogP) is 2.27. The molecule has 2 heterocycles. The number of carbonyl (C=O) groups is 1. The van der Waals surface area contributed by atoms with E-state index >= 15 is 0 Å². The summed E-state index contributed by atoms with van der Waals surface area (Å²) in [6.45, 7) is 4.04. The van der Waals surface area contributed by atoms with Gasteiger partial charge in [-0.05, 0) is 44.0 Å². The summed E-state index contributed by atoms with van der Waals surface area (Å²) in [7, 11) is 3.36. The molecule has 0 spiro atoms. The van der Waals surface area contributed by atoms with Crippen molar-refractivity contribution in [2.45, 2.75) is 31.8 Å². The molecule has 3 rings (SSSR count). The van der Waals surface area contributed by atoms with Gasteiger partial charge in [-0.2, -0.15) is 0 Å². The van der Waals surface area contributed by atoms with Crippen LogP contribution in [0.3, 0.4) is 0 Å². The van der Waals surface area contributed by atoms with E-state index in [4.69, 9.17) is 4.74 Å². The Labute approximate surface area is 143 Å². The Balaban J connectivity index is 1.99. The largest absolute Gasteiger partial charge is 0.382 e. The first-order valence-electron chi connectivity index (χ1n) is 8.42. The minimum atomic E-state index is -0.582. The Morgan fingerprint density at radius 3 is 2.96 bits per heavy atom. The lowest BCUT2D eigenvalue weighted by Crippen LogP contribution is -2.57. The van der Waals surface area contributed by atoms with Gasteiger partial charge in [0.15, 0.2) is 0 Å². The van der Waals surface area contributed by atoms with E-state index in [2.05, 4.69) is 27.3 Å². The molecule has 1 N–H and O–H groups in total. The Morgan fingerprint density at radius 1 is 1.42 bits per heavy atom. The number of likely N-dealkylation sites (N-methyl/N-ethyl adjacent to an activating group) is 1. The lowest BCUT2D eigenvalue weighted by molar-refractivity contribution is -0.135. The van der Waals surface area contributed by atoms with Crippen LogP contribution in [0, 0.1) is 6.92 Å². The zero-order valence-electron chi connectivity index (χ0n) is 14.6. The van der Waals surface area contributed by atoms with Crippen LogP contribution < -0.4 is 5.32 Å². The van der Waals surface area contributed by atoms with Crippen molar-refractivity contribution < 1.29 is 9.53 Å². The highest BCUT2D eigenvalue weighted by Gasteiger charge is 2.47. The van der Waals surface area contributed by atoms with Crippen LogP contribution in [0.5, 0.6) is 0 Å². The molecular formula is C19H25N3O2. The van der Waals surface area contributed by atoms with Crippen molar-refractivity contribution in [1.82, 2.24) is 15.2 Å². The third kappa shape index (κ3) is 2.89. The van der Waals surface area contributed by atoms with Crippen LogP contribution in [0.15, 0.2) is 30.3 Å². The Hall–Kier alpha value is -1.98. The number of benzene rings is 1. The first-order chi connectivity index (χ1) is 11.6. The van der Waals surface area contributed by atoms with E-state index in [1.54, 1.807) is 14.2 Å². The molecule has 1 saturated heterocycles. The van der Waals surface area contributed by atoms with E-state index in [1.165, 1.54) is 5.56 Å². The van der Waals surface area contributed by atoms with Gasteiger partial charge >= 0.3 is 0 Å². The molecule has 0 aliphatic carbocycles. The summed E-state index contributed by atoms with van der Waals surface area (Å²) in [5, 5.41) is 3.98. The average molecular weight is 327 g/mol. The zero-order valence-corrected chi connectivity index (χ0v) is 14.6. The molecule has 5 nitrogen and oxygen atoms in total. The Morgan fingerprint density at radius 2 is 2.21 bits per heavy atom. The topological polar surface area (TPSA) is 54.5 Å². The number of pyridine rings is 1. The van der Waals surface area contributed by atoms with E-state index < -0.39 is 5.54 Å². The van der Waals surface area contributed by atoms with Crippen LogP contribution in [0.25, 0.3) is 10.9 Å². The molecule has 0 bridgehead atoms. The number of carbonyl (C=O) groups excluding carboxylic acids is 1. The standard InChI is InChI=1S/C19H25N3O2/c1-14-11-15(16-7-4-5-8-17(16)21-14)12-22-10-6-9-19(22,13-24-3)18(23)20-2/h4-5,7-8,11H,6,9-10,12-13H2,1-3H3,(H,20,23). The van der Waals surface area contributed by atoms with Crippen molar-refractivity contribution in [3.63, 3.8) is 0 Å². The van der Waals surface area contributed by atoms with Crippen molar-refractivity contribution in [1.29, 1.82) is 0 Å². The molecular weight excluding hydrogens is 302 g/mol. The van der Waals surface area contributed by atoms with Crippen molar-refractivity contribution in [3.05, 3.63) is 41.6 Å². The third-order valence-electron chi connectivity index (χ3n) is 4.95. The average Bonchev–Trinajstić information content (AvgIpc) is 2.98. The van der Waals surface area contributed by atoms with Gasteiger partial charge in [0.05, 0.1) is 12.1 Å². The number of ether oxygens (including phenoxy) is 1. The maximum absolute atomic E-state index is 12.6. The van der Waals surface area contributed by atoms with Crippen LogP contribution in [0.1, 0.15) is 24.1 Å². The van der Waals surface area contributed by atoms with Gasteiger partial charge in [-0.3, -0.25) is 14.7 Å². The van der Waals surface area contributed by atoms with Gasteiger partial charge < -0.3 is 10.1 Å². The highest BCUT2D eigenvalue weighted by atomic mass is 16.5. The van der Waals surface area contributed by atoms with E-state index in [-0.39, 0.29) is 5.91 Å². The summed E-state index contributed by atoms with van der Waals surface area (Å²) < 4.78 is 5.42. The number of rotatable bonds is 5. The molecule has 1 aliphatic heterocycles. The predicted molar refractivity (Wildman–Crippen MR) is 94.8 cm³/mol. The van der Waals surface area contributed by atoms with Crippen LogP contribution in [-0.2, 0) is 16.1 Å². The van der Waals surface area contributed by atoms with Gasteiger partial charge in [0.1, 0.15) is 5.54 Å². The van der Waals surface area contributed by atoms with E-state index in [9.17, 15) is 4.79 Å². The molecule has 128 valence electrons. The molecule has 2 aromatic rings. The number of hydrogen-bond donors (Lipinski definition) is 1. The minimum absolute atomic E-state index is 0.0388. The van der Waals surface area contributed by atoms with Gasteiger partial charge in [0.25, 0.3) is 0 Å². The molecule has 1 amide bonds. The SMILES string of the molecule is CNC(=O)C1(COC)CCCN1Cc1cc(C)nc2ccccc12. The number of nitrogens with one attached hydrogen (secondary N) is 1. The fourth-order valence-corrected chi connectivity index (χ4v) is 3.85. The molecule has 1 fully saturated rings. The fraction of sp³-hybridized carbons (Fsp3) is 0.474. The number of aryl methyl sites for hydroxylation is 1. The second kappa shape index (κ2) is 6.87.